The first-order valence-corrected chi connectivity index (χ1v) is 19.7. The lowest BCUT2D eigenvalue weighted by molar-refractivity contribution is 0.582. The highest BCUT2D eigenvalue weighted by Gasteiger charge is 2.14. The zero-order chi connectivity index (χ0) is 31.7. The second kappa shape index (κ2) is 18.8. The van der Waals surface area contributed by atoms with E-state index in [0.29, 0.717) is 9.79 Å². The minimum Gasteiger partial charge on any atom is -0.224 e. The van der Waals surface area contributed by atoms with Crippen LogP contribution in [0.3, 0.4) is 0 Å². The molecule has 0 spiro atoms. The second-order valence-corrected chi connectivity index (χ2v) is 15.9. The van der Waals surface area contributed by atoms with Crippen LogP contribution in [0.5, 0.6) is 0 Å². The van der Waals surface area contributed by atoms with Gasteiger partial charge in [0.25, 0.3) is 0 Å². The van der Waals surface area contributed by atoms with Gasteiger partial charge in [0.05, 0.1) is 21.3 Å². The Hall–Kier alpha value is -2.96. The number of benzene rings is 3. The molecule has 44 heavy (non-hydrogen) atoms. The third-order valence-electron chi connectivity index (χ3n) is 7.88. The van der Waals surface area contributed by atoms with Crippen molar-refractivity contribution in [2.75, 3.05) is 11.5 Å². The number of sulfone groups is 2. The van der Waals surface area contributed by atoms with Crippen molar-refractivity contribution in [3.63, 3.8) is 0 Å². The topological polar surface area (TPSA) is 68.3 Å². The third-order valence-corrected chi connectivity index (χ3v) is 11.5. The van der Waals surface area contributed by atoms with Crippen LogP contribution in [-0.2, 0) is 19.7 Å². The molecule has 0 radical (unpaired) electrons. The predicted molar refractivity (Wildman–Crippen MR) is 188 cm³/mol. The first-order valence-electron chi connectivity index (χ1n) is 16.4. The van der Waals surface area contributed by atoms with Crippen molar-refractivity contribution in [2.24, 2.45) is 0 Å². The first kappa shape index (κ1) is 35.5. The van der Waals surface area contributed by atoms with E-state index in [2.05, 4.69) is 13.8 Å². The van der Waals surface area contributed by atoms with E-state index in [-0.39, 0.29) is 11.5 Å². The minimum atomic E-state index is -3.24. The van der Waals surface area contributed by atoms with Gasteiger partial charge >= 0.3 is 0 Å². The van der Waals surface area contributed by atoms with Crippen LogP contribution in [0.15, 0.2) is 82.6 Å². The molecule has 0 saturated heterocycles. The molecule has 0 aliphatic heterocycles. The normalized spacial score (nSPS) is 12.4. The van der Waals surface area contributed by atoms with E-state index in [1.807, 2.05) is 72.8 Å². The Morgan fingerprint density at radius 2 is 0.636 bits per heavy atom. The smallest absolute Gasteiger partial charge is 0.178 e. The molecular formula is C38H50O4S2. The van der Waals surface area contributed by atoms with Gasteiger partial charge in [-0.15, -0.1) is 0 Å². The monoisotopic (exact) mass is 634 g/mol. The molecule has 0 amide bonds. The number of unbranched alkanes of at least 4 members (excludes halogenated alkanes) is 10. The summed E-state index contributed by atoms with van der Waals surface area (Å²) in [7, 11) is -6.48. The van der Waals surface area contributed by atoms with Gasteiger partial charge in [-0.05, 0) is 59.4 Å². The van der Waals surface area contributed by atoms with Crippen LogP contribution in [0.2, 0.25) is 0 Å². The molecule has 3 aromatic carbocycles. The Morgan fingerprint density at radius 1 is 0.386 bits per heavy atom. The summed E-state index contributed by atoms with van der Waals surface area (Å²) in [5, 5.41) is 0. The molecule has 0 saturated carbocycles. The molecule has 0 heterocycles. The Labute approximate surface area is 267 Å². The number of rotatable bonds is 20. The van der Waals surface area contributed by atoms with E-state index < -0.39 is 19.7 Å². The van der Waals surface area contributed by atoms with Gasteiger partial charge in [-0.25, -0.2) is 16.8 Å². The van der Waals surface area contributed by atoms with Crippen LogP contribution in [0.25, 0.3) is 24.3 Å². The summed E-state index contributed by atoms with van der Waals surface area (Å²) in [5.41, 5.74) is 3.98. The van der Waals surface area contributed by atoms with Crippen molar-refractivity contribution in [3.8, 4) is 0 Å². The zero-order valence-electron chi connectivity index (χ0n) is 26.6. The molecule has 6 heteroatoms. The van der Waals surface area contributed by atoms with Gasteiger partial charge in [0.1, 0.15) is 0 Å². The van der Waals surface area contributed by atoms with E-state index in [1.54, 1.807) is 24.3 Å². The van der Waals surface area contributed by atoms with Crippen LogP contribution in [0.4, 0.5) is 0 Å². The fourth-order valence-electron chi connectivity index (χ4n) is 5.06. The van der Waals surface area contributed by atoms with Crippen molar-refractivity contribution in [2.45, 2.75) is 101 Å². The molecular weight excluding hydrogens is 585 g/mol. The van der Waals surface area contributed by atoms with Crippen LogP contribution in [-0.4, -0.2) is 28.3 Å². The molecule has 4 nitrogen and oxygen atoms in total. The standard InChI is InChI=1S/C38H50O4S2/c1-3-5-7-9-11-13-31-43(39,40)37-27-23-35(24-28-37)21-19-33-15-17-34(18-16-33)20-22-36-25-29-38(30-26-36)44(41,42)32-14-12-10-8-6-4-2/h15-30H,3-14,31-32H2,1-2H3. The summed E-state index contributed by atoms with van der Waals surface area (Å²) < 4.78 is 50.7. The van der Waals surface area contributed by atoms with E-state index in [0.717, 1.165) is 60.8 Å². The molecule has 3 aromatic rings. The largest absolute Gasteiger partial charge is 0.224 e. The lowest BCUT2D eigenvalue weighted by Crippen LogP contribution is -2.06. The van der Waals surface area contributed by atoms with E-state index in [1.165, 1.54) is 38.5 Å². The molecule has 0 aliphatic carbocycles. The fraction of sp³-hybridized carbons (Fsp3) is 0.421. The minimum absolute atomic E-state index is 0.210. The summed E-state index contributed by atoms with van der Waals surface area (Å²) >= 11 is 0. The van der Waals surface area contributed by atoms with Crippen molar-refractivity contribution < 1.29 is 16.8 Å². The van der Waals surface area contributed by atoms with Crippen molar-refractivity contribution in [3.05, 3.63) is 95.1 Å². The molecule has 0 unspecified atom stereocenters. The van der Waals surface area contributed by atoms with Gasteiger partial charge in [-0.2, -0.15) is 0 Å². The molecule has 0 atom stereocenters. The van der Waals surface area contributed by atoms with Gasteiger partial charge in [-0.1, -0.05) is 151 Å². The van der Waals surface area contributed by atoms with Crippen LogP contribution in [0.1, 0.15) is 113 Å². The van der Waals surface area contributed by atoms with Crippen LogP contribution < -0.4 is 0 Å². The number of hydrogen-bond donors (Lipinski definition) is 0. The zero-order valence-corrected chi connectivity index (χ0v) is 28.2. The van der Waals surface area contributed by atoms with Gasteiger partial charge in [0, 0.05) is 0 Å². The third kappa shape index (κ3) is 12.6. The highest BCUT2D eigenvalue weighted by atomic mass is 32.2. The van der Waals surface area contributed by atoms with Gasteiger partial charge < -0.3 is 0 Å². The van der Waals surface area contributed by atoms with Crippen LogP contribution >= 0.6 is 0 Å². The fourth-order valence-corrected chi connectivity index (χ4v) is 7.80. The highest BCUT2D eigenvalue weighted by molar-refractivity contribution is 7.91. The molecule has 0 fully saturated rings. The summed E-state index contributed by atoms with van der Waals surface area (Å²) in [6.45, 7) is 4.36. The molecule has 238 valence electrons. The summed E-state index contributed by atoms with van der Waals surface area (Å²) in [6.07, 6.45) is 20.7. The Balaban J connectivity index is 1.48. The van der Waals surface area contributed by atoms with Crippen molar-refractivity contribution >= 4 is 44.0 Å². The summed E-state index contributed by atoms with van der Waals surface area (Å²) in [5.74, 6) is 0.420. The Morgan fingerprint density at radius 3 is 0.932 bits per heavy atom. The molecule has 3 rings (SSSR count). The Bertz CT molecular complexity index is 1400. The average Bonchev–Trinajstić information content (AvgIpc) is 3.03. The Kier molecular flexibility index (Phi) is 15.1. The summed E-state index contributed by atoms with van der Waals surface area (Å²) in [6, 6.07) is 22.4. The highest BCUT2D eigenvalue weighted by Crippen LogP contribution is 2.19. The second-order valence-electron chi connectivity index (χ2n) is 11.6. The molecule has 0 aromatic heterocycles. The molecule has 0 N–H and O–H groups in total. The van der Waals surface area contributed by atoms with Gasteiger partial charge in [0.2, 0.25) is 0 Å². The molecule has 0 aliphatic rings. The maximum absolute atomic E-state index is 12.7. The van der Waals surface area contributed by atoms with E-state index in [9.17, 15) is 16.8 Å². The van der Waals surface area contributed by atoms with Crippen molar-refractivity contribution in [1.82, 2.24) is 0 Å². The molecule has 0 bridgehead atoms. The van der Waals surface area contributed by atoms with Gasteiger partial charge in [-0.3, -0.25) is 0 Å². The predicted octanol–water partition coefficient (Wildman–Crippen LogP) is 10.3. The maximum Gasteiger partial charge on any atom is 0.178 e. The van der Waals surface area contributed by atoms with Crippen LogP contribution in [0, 0.1) is 0 Å². The summed E-state index contributed by atoms with van der Waals surface area (Å²) in [4.78, 5) is 0.785. The average molecular weight is 635 g/mol. The lowest BCUT2D eigenvalue weighted by Gasteiger charge is -2.05. The maximum atomic E-state index is 12.7. The number of hydrogen-bond acceptors (Lipinski definition) is 4. The first-order chi connectivity index (χ1) is 21.2. The van der Waals surface area contributed by atoms with E-state index in [4.69, 9.17) is 0 Å². The quantitative estimate of drug-likeness (QED) is 0.0916. The van der Waals surface area contributed by atoms with Crippen molar-refractivity contribution in [1.29, 1.82) is 0 Å². The van der Waals surface area contributed by atoms with Gasteiger partial charge in [0.15, 0.2) is 19.7 Å². The SMILES string of the molecule is CCCCCCCCS(=O)(=O)c1ccc(C=Cc2ccc(C=Cc3ccc(S(=O)(=O)CCCCCCCC)cc3)cc2)cc1. The lowest BCUT2D eigenvalue weighted by atomic mass is 10.1. The van der Waals surface area contributed by atoms with E-state index >= 15 is 0 Å².